The van der Waals surface area contributed by atoms with E-state index in [0.29, 0.717) is 19.8 Å². The lowest BCUT2D eigenvalue weighted by Crippen LogP contribution is -2.25. The average molecular weight is 291 g/mol. The Morgan fingerprint density at radius 3 is 2.71 bits per heavy atom. The van der Waals surface area contributed by atoms with Crippen molar-refractivity contribution in [1.82, 2.24) is 0 Å². The third-order valence-electron chi connectivity index (χ3n) is 3.12. The fourth-order valence-electron chi connectivity index (χ4n) is 2.03. The van der Waals surface area contributed by atoms with Crippen LogP contribution in [-0.2, 0) is 9.47 Å². The fourth-order valence-corrected chi connectivity index (χ4v) is 2.03. The van der Waals surface area contributed by atoms with E-state index in [9.17, 15) is 4.79 Å². The molecule has 1 aromatic rings. The van der Waals surface area contributed by atoms with Gasteiger partial charge in [0.05, 0.1) is 13.2 Å². The molecule has 0 spiro atoms. The summed E-state index contributed by atoms with van der Waals surface area (Å²) in [5, 5.41) is 0. The Bertz CT molecular complexity index is 506. The molecule has 21 heavy (non-hydrogen) atoms. The molecule has 0 aliphatic carbocycles. The van der Waals surface area contributed by atoms with Gasteiger partial charge in [0.1, 0.15) is 18.5 Å². The van der Waals surface area contributed by atoms with Crippen molar-refractivity contribution in [2.75, 3.05) is 31.8 Å². The first-order valence-corrected chi connectivity index (χ1v) is 6.93. The monoisotopic (exact) mass is 291 g/mol. The number of carbonyl (C=O) groups is 1. The van der Waals surface area contributed by atoms with Crippen molar-refractivity contribution in [3.8, 4) is 5.75 Å². The molecule has 1 aliphatic heterocycles. The number of benzene rings is 1. The second kappa shape index (κ2) is 7.13. The van der Waals surface area contributed by atoms with Gasteiger partial charge >= 0.3 is 6.09 Å². The summed E-state index contributed by atoms with van der Waals surface area (Å²) in [5.74, 6) is 0.775. The zero-order valence-corrected chi connectivity index (χ0v) is 12.7. The van der Waals surface area contributed by atoms with E-state index >= 15 is 0 Å². The molecule has 1 aromatic carbocycles. The maximum atomic E-state index is 11.8. The quantitative estimate of drug-likeness (QED) is 0.756. The zero-order valence-electron chi connectivity index (χ0n) is 12.7. The number of carbonyl (C=O) groups excluding carboxylic acids is 1. The first kappa shape index (κ1) is 15.4. The number of hydrogen-bond donors (Lipinski definition) is 0. The summed E-state index contributed by atoms with van der Waals surface area (Å²) < 4.78 is 15.8. The van der Waals surface area contributed by atoms with Crippen LogP contribution >= 0.6 is 0 Å². The van der Waals surface area contributed by atoms with Gasteiger partial charge in [-0.3, -0.25) is 4.90 Å². The Hall–Kier alpha value is -2.01. The lowest BCUT2D eigenvalue weighted by molar-refractivity contribution is 0.0718. The van der Waals surface area contributed by atoms with Crippen LogP contribution in [0.5, 0.6) is 5.75 Å². The Morgan fingerprint density at radius 1 is 1.38 bits per heavy atom. The number of ether oxygens (including phenoxy) is 3. The zero-order chi connectivity index (χ0) is 15.2. The minimum atomic E-state index is -0.338. The maximum absolute atomic E-state index is 11.8. The minimum absolute atomic E-state index is 0.212. The van der Waals surface area contributed by atoms with Crippen LogP contribution in [0.15, 0.2) is 35.9 Å². The van der Waals surface area contributed by atoms with E-state index in [0.717, 1.165) is 11.4 Å². The van der Waals surface area contributed by atoms with Crippen molar-refractivity contribution in [3.05, 3.63) is 35.9 Å². The highest BCUT2D eigenvalue weighted by molar-refractivity contribution is 5.89. The molecule has 0 bridgehead atoms. The van der Waals surface area contributed by atoms with Crippen molar-refractivity contribution < 1.29 is 19.0 Å². The van der Waals surface area contributed by atoms with Crippen LogP contribution in [0.2, 0.25) is 0 Å². The molecule has 5 heteroatoms. The highest BCUT2D eigenvalue weighted by atomic mass is 16.6. The predicted molar refractivity (Wildman–Crippen MR) is 80.9 cm³/mol. The molecule has 0 saturated carbocycles. The SMILES string of the molecule is COCC1CN(c2ccc(OCC=C(C)C)cc2)C(=O)O1. The highest BCUT2D eigenvalue weighted by Gasteiger charge is 2.32. The van der Waals surface area contributed by atoms with Crippen LogP contribution in [0, 0.1) is 0 Å². The van der Waals surface area contributed by atoms with E-state index in [1.54, 1.807) is 12.0 Å². The Kier molecular flexibility index (Phi) is 5.22. The van der Waals surface area contributed by atoms with Gasteiger partial charge < -0.3 is 14.2 Å². The van der Waals surface area contributed by atoms with Gasteiger partial charge in [0, 0.05) is 12.8 Å². The van der Waals surface area contributed by atoms with Crippen molar-refractivity contribution in [1.29, 1.82) is 0 Å². The van der Waals surface area contributed by atoms with Crippen molar-refractivity contribution in [2.45, 2.75) is 20.0 Å². The molecule has 2 rings (SSSR count). The van der Waals surface area contributed by atoms with Crippen LogP contribution in [0.25, 0.3) is 0 Å². The third kappa shape index (κ3) is 4.23. The van der Waals surface area contributed by atoms with Gasteiger partial charge in [-0.15, -0.1) is 0 Å². The summed E-state index contributed by atoms with van der Waals surface area (Å²) in [5.41, 5.74) is 2.02. The molecule has 5 nitrogen and oxygen atoms in total. The van der Waals surface area contributed by atoms with E-state index in [4.69, 9.17) is 14.2 Å². The van der Waals surface area contributed by atoms with E-state index < -0.39 is 0 Å². The Morgan fingerprint density at radius 2 is 2.10 bits per heavy atom. The second-order valence-electron chi connectivity index (χ2n) is 5.16. The molecule has 0 N–H and O–H groups in total. The standard InChI is InChI=1S/C16H21NO4/c1-12(2)8-9-20-14-6-4-13(5-7-14)17-10-15(11-19-3)21-16(17)18/h4-8,15H,9-11H2,1-3H3. The number of anilines is 1. The van der Waals surface area contributed by atoms with E-state index in [-0.39, 0.29) is 12.2 Å². The predicted octanol–water partition coefficient (Wildman–Crippen LogP) is 3.00. The lowest BCUT2D eigenvalue weighted by Gasteiger charge is -2.13. The molecule has 0 radical (unpaired) electrons. The molecule has 1 fully saturated rings. The van der Waals surface area contributed by atoms with Gasteiger partial charge in [-0.05, 0) is 44.2 Å². The third-order valence-corrected chi connectivity index (χ3v) is 3.12. The van der Waals surface area contributed by atoms with Crippen molar-refractivity contribution in [3.63, 3.8) is 0 Å². The molecule has 1 amide bonds. The molecular weight excluding hydrogens is 270 g/mol. The van der Waals surface area contributed by atoms with Gasteiger partial charge in [-0.2, -0.15) is 0 Å². The fraction of sp³-hybridized carbons (Fsp3) is 0.438. The topological polar surface area (TPSA) is 48.0 Å². The van der Waals surface area contributed by atoms with Crippen LogP contribution in [0.4, 0.5) is 10.5 Å². The summed E-state index contributed by atoms with van der Waals surface area (Å²) in [6, 6.07) is 7.42. The van der Waals surface area contributed by atoms with Crippen LogP contribution in [0.1, 0.15) is 13.8 Å². The smallest absolute Gasteiger partial charge is 0.414 e. The minimum Gasteiger partial charge on any atom is -0.490 e. The number of rotatable bonds is 6. The van der Waals surface area contributed by atoms with Gasteiger partial charge in [0.15, 0.2) is 0 Å². The first-order chi connectivity index (χ1) is 10.1. The second-order valence-corrected chi connectivity index (χ2v) is 5.16. The highest BCUT2D eigenvalue weighted by Crippen LogP contribution is 2.24. The summed E-state index contributed by atoms with van der Waals surface area (Å²) in [4.78, 5) is 13.4. The largest absolute Gasteiger partial charge is 0.490 e. The number of hydrogen-bond acceptors (Lipinski definition) is 4. The number of amides is 1. The maximum Gasteiger partial charge on any atom is 0.414 e. The Balaban J connectivity index is 1.96. The van der Waals surface area contributed by atoms with Gasteiger partial charge in [0.2, 0.25) is 0 Å². The van der Waals surface area contributed by atoms with Crippen LogP contribution in [-0.4, -0.2) is 39.1 Å². The molecule has 0 aromatic heterocycles. The van der Waals surface area contributed by atoms with Crippen molar-refractivity contribution >= 4 is 11.8 Å². The number of allylic oxidation sites excluding steroid dienone is 1. The lowest BCUT2D eigenvalue weighted by atomic mass is 10.2. The Labute approximate surface area is 125 Å². The van der Waals surface area contributed by atoms with Gasteiger partial charge in [-0.1, -0.05) is 5.57 Å². The molecule has 1 aliphatic rings. The van der Waals surface area contributed by atoms with Gasteiger partial charge in [-0.25, -0.2) is 4.79 Å². The van der Waals surface area contributed by atoms with Crippen LogP contribution < -0.4 is 9.64 Å². The molecular formula is C16H21NO4. The van der Waals surface area contributed by atoms with Crippen molar-refractivity contribution in [2.24, 2.45) is 0 Å². The summed E-state index contributed by atoms with van der Waals surface area (Å²) in [6.07, 6.45) is 1.47. The summed E-state index contributed by atoms with van der Waals surface area (Å²) in [6.45, 7) is 5.52. The van der Waals surface area contributed by atoms with E-state index in [1.165, 1.54) is 5.57 Å². The average Bonchev–Trinajstić information content (AvgIpc) is 2.80. The molecule has 1 unspecified atom stereocenters. The van der Waals surface area contributed by atoms with E-state index in [2.05, 4.69) is 0 Å². The van der Waals surface area contributed by atoms with Gasteiger partial charge in [0.25, 0.3) is 0 Å². The van der Waals surface area contributed by atoms with E-state index in [1.807, 2.05) is 44.2 Å². The normalized spacial score (nSPS) is 17.6. The first-order valence-electron chi connectivity index (χ1n) is 6.93. The molecule has 1 saturated heterocycles. The summed E-state index contributed by atoms with van der Waals surface area (Å²) >= 11 is 0. The number of nitrogens with zero attached hydrogens (tertiary/aromatic N) is 1. The number of methoxy groups -OCH3 is 1. The molecule has 1 atom stereocenters. The summed E-state index contributed by atoms with van der Waals surface area (Å²) in [7, 11) is 1.59. The molecule has 114 valence electrons. The number of cyclic esters (lactones) is 1. The molecule has 1 heterocycles. The van der Waals surface area contributed by atoms with Crippen LogP contribution in [0.3, 0.4) is 0 Å².